The van der Waals surface area contributed by atoms with Crippen molar-refractivity contribution in [2.75, 3.05) is 0 Å². The van der Waals surface area contributed by atoms with Crippen molar-refractivity contribution < 1.29 is 0 Å². The van der Waals surface area contributed by atoms with Crippen LogP contribution in [0.5, 0.6) is 0 Å². The predicted molar refractivity (Wildman–Crippen MR) is 42.2 cm³/mol. The summed E-state index contributed by atoms with van der Waals surface area (Å²) < 4.78 is 0.925. The quantitative estimate of drug-likeness (QED) is 0.631. The summed E-state index contributed by atoms with van der Waals surface area (Å²) in [7, 11) is 0. The van der Waals surface area contributed by atoms with E-state index in [4.69, 9.17) is 6.57 Å². The normalized spacial score (nSPS) is 8.80. The molecule has 1 aromatic rings. The molecule has 0 aliphatic rings. The molecule has 10 heavy (non-hydrogen) atoms. The molecule has 50 valence electrons. The van der Waals surface area contributed by atoms with Gasteiger partial charge in [-0.25, -0.2) is 6.57 Å². The molecule has 0 atom stereocenters. The third-order valence-electron chi connectivity index (χ3n) is 1.02. The van der Waals surface area contributed by atoms with Crippen molar-refractivity contribution in [3.63, 3.8) is 0 Å². The van der Waals surface area contributed by atoms with Crippen LogP contribution < -0.4 is 0 Å². The summed E-state index contributed by atoms with van der Waals surface area (Å²) in [5.74, 6) is 0. The van der Waals surface area contributed by atoms with Crippen molar-refractivity contribution in [3.8, 4) is 0 Å². The lowest BCUT2D eigenvalue weighted by Crippen LogP contribution is -1.80. The number of halogens is 1. The number of nitrogens with zero attached hydrogens (tertiary/aromatic N) is 2. The van der Waals surface area contributed by atoms with Gasteiger partial charge in [-0.05, 0) is 22.0 Å². The van der Waals surface area contributed by atoms with Gasteiger partial charge in [-0.1, -0.05) is 0 Å². The van der Waals surface area contributed by atoms with E-state index >= 15 is 0 Å². The molecule has 2 nitrogen and oxygen atoms in total. The summed E-state index contributed by atoms with van der Waals surface area (Å²) in [6.45, 7) is 7.00. The van der Waals surface area contributed by atoms with E-state index in [2.05, 4.69) is 25.8 Å². The smallest absolute Gasteiger partial charge is 0.241 e. The maximum absolute atomic E-state index is 6.59. The second-order valence-corrected chi connectivity index (χ2v) is 2.74. The number of pyridine rings is 1. The first-order valence-corrected chi connectivity index (χ1v) is 3.55. The lowest BCUT2D eigenvalue weighted by atomic mass is 10.3. The van der Waals surface area contributed by atoms with Crippen molar-refractivity contribution in [3.05, 3.63) is 39.9 Å². The Hall–Kier alpha value is -0.880. The van der Waals surface area contributed by atoms with Crippen molar-refractivity contribution in [2.45, 2.75) is 6.54 Å². The minimum absolute atomic E-state index is 0.409. The summed E-state index contributed by atoms with van der Waals surface area (Å²) in [6.07, 6.45) is 3.40. The molecule has 0 aromatic carbocycles. The highest BCUT2D eigenvalue weighted by Gasteiger charge is 1.94. The van der Waals surface area contributed by atoms with Gasteiger partial charge in [0.1, 0.15) is 0 Å². The second kappa shape index (κ2) is 3.33. The highest BCUT2D eigenvalue weighted by atomic mass is 79.9. The van der Waals surface area contributed by atoms with E-state index in [9.17, 15) is 0 Å². The van der Waals surface area contributed by atoms with Crippen molar-refractivity contribution in [1.82, 2.24) is 4.98 Å². The van der Waals surface area contributed by atoms with Gasteiger partial charge >= 0.3 is 0 Å². The third-order valence-corrected chi connectivity index (χ3v) is 1.46. The molecule has 0 aliphatic heterocycles. The van der Waals surface area contributed by atoms with Gasteiger partial charge in [0.25, 0.3) is 0 Å². The maximum atomic E-state index is 6.59. The molecule has 0 radical (unpaired) electrons. The van der Waals surface area contributed by atoms with Gasteiger partial charge in [0.05, 0.1) is 5.56 Å². The summed E-state index contributed by atoms with van der Waals surface area (Å²) >= 11 is 3.27. The molecule has 0 aliphatic carbocycles. The monoisotopic (exact) mass is 196 g/mol. The van der Waals surface area contributed by atoms with Crippen LogP contribution in [0, 0.1) is 6.57 Å². The highest BCUT2D eigenvalue weighted by Crippen LogP contribution is 2.09. The molecule has 1 heterocycles. The van der Waals surface area contributed by atoms with Crippen LogP contribution in [0.3, 0.4) is 0 Å². The molecule has 3 heteroatoms. The van der Waals surface area contributed by atoms with E-state index in [1.807, 2.05) is 6.07 Å². The third kappa shape index (κ3) is 1.82. The lowest BCUT2D eigenvalue weighted by molar-refractivity contribution is 1.18. The average molecular weight is 197 g/mol. The zero-order valence-corrected chi connectivity index (χ0v) is 6.80. The Morgan fingerprint density at radius 2 is 2.40 bits per heavy atom. The van der Waals surface area contributed by atoms with E-state index in [1.165, 1.54) is 0 Å². The van der Waals surface area contributed by atoms with E-state index in [-0.39, 0.29) is 0 Å². The van der Waals surface area contributed by atoms with Crippen LogP contribution in [0.25, 0.3) is 4.85 Å². The maximum Gasteiger partial charge on any atom is 0.241 e. The standard InChI is InChI=1S/C7H5BrN2/c1-9-3-6-2-7(8)5-10-4-6/h2,4-5H,3H2. The largest absolute Gasteiger partial charge is 0.312 e. The Bertz CT molecular complexity index is 265. The highest BCUT2D eigenvalue weighted by molar-refractivity contribution is 9.10. The van der Waals surface area contributed by atoms with E-state index in [1.54, 1.807) is 12.4 Å². The van der Waals surface area contributed by atoms with Crippen LogP contribution in [0.2, 0.25) is 0 Å². The zero-order chi connectivity index (χ0) is 7.40. The SMILES string of the molecule is [C-]#[N+]Cc1cncc(Br)c1. The van der Waals surface area contributed by atoms with E-state index < -0.39 is 0 Å². The molecule has 1 aromatic heterocycles. The molecule has 0 saturated heterocycles. The summed E-state index contributed by atoms with van der Waals surface area (Å²) in [6, 6.07) is 1.89. The molecule has 0 N–H and O–H groups in total. The van der Waals surface area contributed by atoms with Crippen LogP contribution in [0.1, 0.15) is 5.56 Å². The van der Waals surface area contributed by atoms with Crippen LogP contribution in [-0.2, 0) is 6.54 Å². The summed E-state index contributed by atoms with van der Waals surface area (Å²) in [5.41, 5.74) is 0.948. The lowest BCUT2D eigenvalue weighted by Gasteiger charge is -1.90. The Labute approximate surface area is 67.9 Å². The summed E-state index contributed by atoms with van der Waals surface area (Å²) in [5, 5.41) is 0. The molecule has 0 spiro atoms. The van der Waals surface area contributed by atoms with Crippen LogP contribution in [0.15, 0.2) is 22.9 Å². The number of rotatable bonds is 1. The molecular formula is C7H5BrN2. The van der Waals surface area contributed by atoms with Gasteiger partial charge in [-0.15, -0.1) is 0 Å². The van der Waals surface area contributed by atoms with Crippen molar-refractivity contribution in [2.24, 2.45) is 0 Å². The van der Waals surface area contributed by atoms with Gasteiger partial charge in [0.15, 0.2) is 0 Å². The first-order valence-electron chi connectivity index (χ1n) is 2.75. The first kappa shape index (κ1) is 7.23. The Balaban J connectivity index is 2.87. The number of hydrogen-bond donors (Lipinski definition) is 0. The fourth-order valence-corrected chi connectivity index (χ4v) is 1.05. The molecular weight excluding hydrogens is 192 g/mol. The topological polar surface area (TPSA) is 17.2 Å². The predicted octanol–water partition coefficient (Wildman–Crippen LogP) is 2.26. The fourth-order valence-electron chi connectivity index (χ4n) is 0.634. The van der Waals surface area contributed by atoms with Crippen LogP contribution in [-0.4, -0.2) is 4.98 Å². The Morgan fingerprint density at radius 1 is 1.60 bits per heavy atom. The first-order chi connectivity index (χ1) is 4.83. The minimum Gasteiger partial charge on any atom is -0.312 e. The van der Waals surface area contributed by atoms with Gasteiger partial charge in [-0.3, -0.25) is 4.98 Å². The zero-order valence-electron chi connectivity index (χ0n) is 5.21. The number of hydrogen-bond acceptors (Lipinski definition) is 1. The van der Waals surface area contributed by atoms with Crippen molar-refractivity contribution in [1.29, 1.82) is 0 Å². The van der Waals surface area contributed by atoms with Crippen LogP contribution in [0.4, 0.5) is 0 Å². The molecule has 0 bridgehead atoms. The van der Waals surface area contributed by atoms with E-state index in [0.717, 1.165) is 10.0 Å². The Kier molecular flexibility index (Phi) is 2.41. The number of aromatic nitrogens is 1. The fraction of sp³-hybridized carbons (Fsp3) is 0.143. The molecule has 0 unspecified atom stereocenters. The molecule has 1 rings (SSSR count). The molecule has 0 saturated carbocycles. The second-order valence-electron chi connectivity index (χ2n) is 1.83. The van der Waals surface area contributed by atoms with Gasteiger partial charge in [0.2, 0.25) is 6.54 Å². The molecule has 0 fully saturated rings. The minimum atomic E-state index is 0.409. The van der Waals surface area contributed by atoms with Crippen molar-refractivity contribution >= 4 is 15.9 Å². The molecule has 0 amide bonds. The summed E-state index contributed by atoms with van der Waals surface area (Å²) in [4.78, 5) is 7.15. The van der Waals surface area contributed by atoms with E-state index in [0.29, 0.717) is 6.54 Å². The van der Waals surface area contributed by atoms with Gasteiger partial charge in [0, 0.05) is 16.9 Å². The van der Waals surface area contributed by atoms with Gasteiger partial charge < -0.3 is 4.85 Å². The van der Waals surface area contributed by atoms with Crippen LogP contribution >= 0.6 is 15.9 Å². The average Bonchev–Trinajstić information content (AvgIpc) is 1.88. The van der Waals surface area contributed by atoms with Gasteiger partial charge in [-0.2, -0.15) is 0 Å². The Morgan fingerprint density at radius 3 is 3.00 bits per heavy atom.